The summed E-state index contributed by atoms with van der Waals surface area (Å²) in [6.45, 7) is 0.936. The van der Waals surface area contributed by atoms with Gasteiger partial charge >= 0.3 is 0 Å². The van der Waals surface area contributed by atoms with E-state index in [1.54, 1.807) is 18.2 Å². The summed E-state index contributed by atoms with van der Waals surface area (Å²) in [4.78, 5) is 33.9. The van der Waals surface area contributed by atoms with Crippen LogP contribution in [0.5, 0.6) is 5.75 Å². The number of hydrogen-bond acceptors (Lipinski definition) is 4. The van der Waals surface area contributed by atoms with Gasteiger partial charge in [0.2, 0.25) is 5.91 Å². The molecule has 6 rings (SSSR count). The minimum Gasteiger partial charge on any atom is -0.497 e. The first kappa shape index (κ1) is 22.8. The predicted molar refractivity (Wildman–Crippen MR) is 141 cm³/mol. The number of hydrogen-bond donors (Lipinski definition) is 2. The van der Waals surface area contributed by atoms with Crippen molar-refractivity contribution in [2.24, 2.45) is 0 Å². The summed E-state index contributed by atoms with van der Waals surface area (Å²) < 4.78 is 5.31. The van der Waals surface area contributed by atoms with Gasteiger partial charge in [0.25, 0.3) is 5.91 Å². The molecule has 1 saturated heterocycles. The molecule has 3 heterocycles. The van der Waals surface area contributed by atoms with Crippen molar-refractivity contribution >= 4 is 33.6 Å². The van der Waals surface area contributed by atoms with Crippen LogP contribution in [-0.4, -0.2) is 63.0 Å². The number of fused-ring (bicyclic) bond motifs is 2. The first-order valence-corrected chi connectivity index (χ1v) is 12.3. The summed E-state index contributed by atoms with van der Waals surface area (Å²) in [5.41, 5.74) is 4.41. The number of H-pyrrole nitrogens is 2. The Hall–Kier alpha value is -4.59. The molecule has 3 aromatic carbocycles. The van der Waals surface area contributed by atoms with Crippen LogP contribution in [0, 0.1) is 0 Å². The van der Waals surface area contributed by atoms with E-state index in [2.05, 4.69) is 27.3 Å². The number of carbonyl (C=O) groups is 2. The lowest BCUT2D eigenvalue weighted by Gasteiger charge is -2.41. The molecule has 1 atom stereocenters. The Bertz CT molecular complexity index is 1590. The Morgan fingerprint density at radius 2 is 1.92 bits per heavy atom. The number of nitrogens with zero attached hydrogens (tertiary/aromatic N) is 3. The summed E-state index contributed by atoms with van der Waals surface area (Å²) >= 11 is 0. The van der Waals surface area contributed by atoms with Crippen LogP contribution in [0.4, 0.5) is 0 Å². The van der Waals surface area contributed by atoms with Crippen molar-refractivity contribution in [1.82, 2.24) is 25.0 Å². The third kappa shape index (κ3) is 4.42. The first-order chi connectivity index (χ1) is 18.1. The summed E-state index contributed by atoms with van der Waals surface area (Å²) in [5.74, 6) is 0.474. The molecule has 186 valence electrons. The van der Waals surface area contributed by atoms with E-state index in [1.165, 1.54) is 0 Å². The van der Waals surface area contributed by atoms with Gasteiger partial charge < -0.3 is 19.5 Å². The van der Waals surface area contributed by atoms with E-state index < -0.39 is 0 Å². The van der Waals surface area contributed by atoms with E-state index in [1.807, 2.05) is 65.6 Å². The summed E-state index contributed by atoms with van der Waals surface area (Å²) in [7, 11) is 1.62. The zero-order valence-electron chi connectivity index (χ0n) is 20.5. The molecule has 0 radical (unpaired) electrons. The van der Waals surface area contributed by atoms with E-state index in [0.29, 0.717) is 25.2 Å². The van der Waals surface area contributed by atoms with E-state index in [0.717, 1.165) is 38.7 Å². The maximum Gasteiger partial charge on any atom is 0.270 e. The number of ether oxygens (including phenoxy) is 1. The van der Waals surface area contributed by atoms with Crippen LogP contribution in [0.1, 0.15) is 21.6 Å². The minimum atomic E-state index is -0.182. The van der Waals surface area contributed by atoms with Crippen molar-refractivity contribution in [3.8, 4) is 5.75 Å². The quantitative estimate of drug-likeness (QED) is 0.372. The summed E-state index contributed by atoms with van der Waals surface area (Å²) in [6.07, 6.45) is 2.45. The fraction of sp³-hybridized carbons (Fsp3) is 0.207. The van der Waals surface area contributed by atoms with Crippen molar-refractivity contribution < 1.29 is 14.3 Å². The fourth-order valence-electron chi connectivity index (χ4n) is 5.18. The van der Waals surface area contributed by atoms with Gasteiger partial charge in [0.05, 0.1) is 24.9 Å². The Kier molecular flexibility index (Phi) is 5.84. The van der Waals surface area contributed by atoms with Gasteiger partial charge in [0.1, 0.15) is 18.0 Å². The molecule has 8 heteroatoms. The number of benzene rings is 3. The monoisotopic (exact) mass is 493 g/mol. The average Bonchev–Trinajstić information content (AvgIpc) is 3.57. The Balaban J connectivity index is 1.29. The van der Waals surface area contributed by atoms with Crippen LogP contribution in [0.15, 0.2) is 79.0 Å². The SMILES string of the molecule is COc1ccc2[nH]c(C(=O)N3CC(=O)N(Cc4cccc5[nH]ncc45)[C@@H](Cc4ccccc4)C3)cc2c1. The fourth-order valence-corrected chi connectivity index (χ4v) is 5.18. The van der Waals surface area contributed by atoms with Gasteiger partial charge in [0, 0.05) is 29.4 Å². The second kappa shape index (κ2) is 9.46. The second-order valence-corrected chi connectivity index (χ2v) is 9.44. The van der Waals surface area contributed by atoms with Crippen molar-refractivity contribution in [1.29, 1.82) is 0 Å². The Morgan fingerprint density at radius 3 is 2.76 bits per heavy atom. The molecular formula is C29H27N5O3. The largest absolute Gasteiger partial charge is 0.497 e. The number of aromatic amines is 2. The number of aromatic nitrogens is 3. The van der Waals surface area contributed by atoms with Crippen molar-refractivity contribution in [2.45, 2.75) is 19.0 Å². The van der Waals surface area contributed by atoms with Crippen LogP contribution in [0.2, 0.25) is 0 Å². The number of rotatable bonds is 6. The molecule has 1 aliphatic heterocycles. The molecule has 0 bridgehead atoms. The lowest BCUT2D eigenvalue weighted by atomic mass is 10.00. The van der Waals surface area contributed by atoms with Crippen LogP contribution in [0.25, 0.3) is 21.8 Å². The van der Waals surface area contributed by atoms with Crippen molar-refractivity contribution in [2.75, 3.05) is 20.2 Å². The van der Waals surface area contributed by atoms with Crippen molar-refractivity contribution in [3.63, 3.8) is 0 Å². The Morgan fingerprint density at radius 1 is 1.05 bits per heavy atom. The first-order valence-electron chi connectivity index (χ1n) is 12.3. The molecular weight excluding hydrogens is 466 g/mol. The molecule has 2 aromatic heterocycles. The maximum absolute atomic E-state index is 13.6. The number of methoxy groups -OCH3 is 1. The molecule has 0 unspecified atom stereocenters. The number of amides is 2. The van der Waals surface area contributed by atoms with E-state index >= 15 is 0 Å². The standard InChI is InChI=1S/C29H27N5O3/c1-37-23-10-11-25-21(13-23)14-27(31-25)29(36)33-17-22(12-19-6-3-2-4-7-19)34(28(35)18-33)16-20-8-5-9-26-24(20)15-30-32-26/h2-11,13-15,22,31H,12,16-18H2,1H3,(H,30,32)/t22-/m0/s1. The van der Waals surface area contributed by atoms with Gasteiger partial charge in [-0.3, -0.25) is 14.7 Å². The van der Waals surface area contributed by atoms with E-state index in [-0.39, 0.29) is 24.4 Å². The summed E-state index contributed by atoms with van der Waals surface area (Å²) in [6, 6.07) is 23.4. The highest BCUT2D eigenvalue weighted by atomic mass is 16.5. The molecule has 0 aliphatic carbocycles. The lowest BCUT2D eigenvalue weighted by Crippen LogP contribution is -2.58. The molecule has 8 nitrogen and oxygen atoms in total. The smallest absolute Gasteiger partial charge is 0.270 e. The van der Waals surface area contributed by atoms with Gasteiger partial charge in [-0.2, -0.15) is 5.10 Å². The van der Waals surface area contributed by atoms with Gasteiger partial charge in [-0.1, -0.05) is 42.5 Å². The third-order valence-corrected chi connectivity index (χ3v) is 7.09. The molecule has 0 saturated carbocycles. The molecule has 1 aliphatic rings. The molecule has 1 fully saturated rings. The Labute approximate surface area is 213 Å². The zero-order valence-corrected chi connectivity index (χ0v) is 20.5. The molecule has 5 aromatic rings. The maximum atomic E-state index is 13.6. The van der Waals surface area contributed by atoms with Crippen LogP contribution >= 0.6 is 0 Å². The van der Waals surface area contributed by atoms with E-state index in [4.69, 9.17) is 4.74 Å². The minimum absolute atomic E-state index is 0.0319. The third-order valence-electron chi connectivity index (χ3n) is 7.09. The average molecular weight is 494 g/mol. The lowest BCUT2D eigenvalue weighted by molar-refractivity contribution is -0.139. The van der Waals surface area contributed by atoms with Gasteiger partial charge in [-0.15, -0.1) is 0 Å². The number of piperazine rings is 1. The second-order valence-electron chi connectivity index (χ2n) is 9.44. The van der Waals surface area contributed by atoms with E-state index in [9.17, 15) is 9.59 Å². The highest BCUT2D eigenvalue weighted by molar-refractivity contribution is 6.00. The molecule has 2 N–H and O–H groups in total. The number of carbonyl (C=O) groups excluding carboxylic acids is 2. The molecule has 37 heavy (non-hydrogen) atoms. The van der Waals surface area contributed by atoms with Gasteiger partial charge in [-0.25, -0.2) is 0 Å². The van der Waals surface area contributed by atoms with Gasteiger partial charge in [-0.05, 0) is 47.9 Å². The normalized spacial score (nSPS) is 16.0. The van der Waals surface area contributed by atoms with Crippen LogP contribution < -0.4 is 4.74 Å². The molecule has 2 amide bonds. The molecule has 0 spiro atoms. The topological polar surface area (TPSA) is 94.3 Å². The van der Waals surface area contributed by atoms with Gasteiger partial charge in [0.15, 0.2) is 0 Å². The zero-order chi connectivity index (χ0) is 25.4. The number of nitrogens with one attached hydrogen (secondary N) is 2. The highest BCUT2D eigenvalue weighted by Crippen LogP contribution is 2.26. The van der Waals surface area contributed by atoms with Crippen molar-refractivity contribution in [3.05, 3.63) is 95.8 Å². The predicted octanol–water partition coefficient (Wildman–Crippen LogP) is 4.15. The summed E-state index contributed by atoms with van der Waals surface area (Å²) in [5, 5.41) is 9.06. The van der Waals surface area contributed by atoms with Crippen LogP contribution in [-0.2, 0) is 17.8 Å². The van der Waals surface area contributed by atoms with Crippen LogP contribution in [0.3, 0.4) is 0 Å². The highest BCUT2D eigenvalue weighted by Gasteiger charge is 2.35.